The molecule has 3 heterocycles. The lowest BCUT2D eigenvalue weighted by Crippen LogP contribution is -2.74. The fraction of sp³-hybridized carbons (Fsp3) is 0.444. The van der Waals surface area contributed by atoms with Crippen molar-refractivity contribution >= 4 is 22.5 Å². The molecule has 0 unspecified atom stereocenters. The number of hydrogen-bond donors (Lipinski definition) is 5. The van der Waals surface area contributed by atoms with Gasteiger partial charge in [0.1, 0.15) is 0 Å². The molecule has 0 radical (unpaired) electrons. The number of phenols is 1. The number of ether oxygens (including phenoxy) is 1. The minimum absolute atomic E-state index is 0.00150. The summed E-state index contributed by atoms with van der Waals surface area (Å²) in [6, 6.07) is 9.67. The molecular weight excluding hydrogens is 442 g/mol. The highest BCUT2D eigenvalue weighted by molar-refractivity contribution is 5.96. The van der Waals surface area contributed by atoms with Crippen molar-refractivity contribution in [3.63, 3.8) is 0 Å². The maximum atomic E-state index is 12.9. The van der Waals surface area contributed by atoms with E-state index in [1.165, 1.54) is 18.4 Å². The molecule has 2 bridgehead atoms. The van der Waals surface area contributed by atoms with Gasteiger partial charge in [0, 0.05) is 30.0 Å². The molecule has 8 rings (SSSR count). The third kappa shape index (κ3) is 2.32. The summed E-state index contributed by atoms with van der Waals surface area (Å²) in [4.78, 5) is 10.5. The Morgan fingerprint density at radius 2 is 2.09 bits per heavy atom. The molecule has 2 aromatic carbocycles. The zero-order chi connectivity index (χ0) is 23.7. The van der Waals surface area contributed by atoms with Crippen molar-refractivity contribution in [1.29, 1.82) is 0 Å². The van der Waals surface area contributed by atoms with Gasteiger partial charge in [-0.2, -0.15) is 0 Å². The summed E-state index contributed by atoms with van der Waals surface area (Å²) in [6.07, 6.45) is 4.23. The molecule has 8 nitrogen and oxygen atoms in total. The number of aromatic nitrogens is 1. The molecule has 1 saturated carbocycles. The number of aliphatic hydroxyl groups is 1. The van der Waals surface area contributed by atoms with Crippen LogP contribution in [0.4, 0.5) is 5.69 Å². The fourth-order valence-electron chi connectivity index (χ4n) is 7.86. The van der Waals surface area contributed by atoms with Crippen LogP contribution in [0.5, 0.6) is 11.5 Å². The van der Waals surface area contributed by atoms with Gasteiger partial charge in [-0.1, -0.05) is 18.2 Å². The number of hydrogen-bond acceptors (Lipinski definition) is 5. The number of rotatable bonds is 3. The first-order valence-corrected chi connectivity index (χ1v) is 12.6. The highest BCUT2D eigenvalue weighted by Gasteiger charge is 2.72. The van der Waals surface area contributed by atoms with E-state index in [0.717, 1.165) is 59.6 Å². The van der Waals surface area contributed by atoms with Gasteiger partial charge in [-0.05, 0) is 61.4 Å². The van der Waals surface area contributed by atoms with Crippen LogP contribution in [-0.2, 0) is 18.3 Å². The van der Waals surface area contributed by atoms with Crippen molar-refractivity contribution in [2.45, 2.75) is 55.3 Å². The summed E-state index contributed by atoms with van der Waals surface area (Å²) in [5.41, 5.74) is 15.5. The standard InChI is InChI=1S/C27H29N5O3/c28-25(29)30-17-3-1-2-15-16-11-27(34)19-10-14-6-7-18(33)23-20(14)26(27,8-9-32(19)12-13-4-5-13)24(35-23)22(16)31-21(15)17/h1-3,6-7,13,19,24,31,33-34H,4-5,8-12H2,(H4,28,29,30)/t19-,24-,26-,27+/m0/s1. The summed E-state index contributed by atoms with van der Waals surface area (Å²) in [6.45, 7) is 1.97. The first kappa shape index (κ1) is 20.0. The molecule has 2 fully saturated rings. The first-order chi connectivity index (χ1) is 16.9. The van der Waals surface area contributed by atoms with E-state index in [9.17, 15) is 10.2 Å². The molecule has 8 heteroatoms. The van der Waals surface area contributed by atoms with E-state index in [1.807, 2.05) is 18.2 Å². The molecule has 3 aromatic rings. The van der Waals surface area contributed by atoms with Crippen LogP contribution in [0, 0.1) is 5.92 Å². The zero-order valence-corrected chi connectivity index (χ0v) is 19.4. The number of aromatic hydroxyl groups is 1. The lowest BCUT2D eigenvalue weighted by atomic mass is 9.49. The number of nitrogens with one attached hydrogen (secondary N) is 1. The largest absolute Gasteiger partial charge is 0.504 e. The maximum Gasteiger partial charge on any atom is 0.191 e. The number of H-pyrrole nitrogens is 1. The number of fused-ring (bicyclic) bond motifs is 4. The Kier molecular flexibility index (Phi) is 3.60. The highest BCUT2D eigenvalue weighted by Crippen LogP contribution is 2.69. The fourth-order valence-corrected chi connectivity index (χ4v) is 7.86. The van der Waals surface area contributed by atoms with Crippen LogP contribution in [0.2, 0.25) is 0 Å². The molecule has 1 saturated heterocycles. The molecule has 0 amide bonds. The average Bonchev–Trinajstić information content (AvgIpc) is 3.45. The quantitative estimate of drug-likeness (QED) is 0.294. The zero-order valence-electron chi connectivity index (χ0n) is 19.4. The Hall–Kier alpha value is -3.23. The molecule has 1 spiro atoms. The number of guanidine groups is 1. The Morgan fingerprint density at radius 3 is 2.89 bits per heavy atom. The number of aliphatic imine (C=N–C) groups is 1. The van der Waals surface area contributed by atoms with Crippen LogP contribution in [-0.4, -0.2) is 50.8 Å². The topological polar surface area (TPSA) is 133 Å². The highest BCUT2D eigenvalue weighted by atomic mass is 16.5. The second-order valence-corrected chi connectivity index (χ2v) is 11.2. The van der Waals surface area contributed by atoms with Crippen molar-refractivity contribution in [2.75, 3.05) is 13.1 Å². The second-order valence-electron chi connectivity index (χ2n) is 11.2. The summed E-state index contributed by atoms with van der Waals surface area (Å²) < 4.78 is 6.64. The van der Waals surface area contributed by atoms with Crippen LogP contribution >= 0.6 is 0 Å². The molecule has 5 aliphatic rings. The van der Waals surface area contributed by atoms with Gasteiger partial charge in [-0.25, -0.2) is 4.99 Å². The Bertz CT molecular complexity index is 1450. The average molecular weight is 472 g/mol. The second kappa shape index (κ2) is 6.30. The number of benzene rings is 2. The Balaban J connectivity index is 1.40. The Morgan fingerprint density at radius 1 is 1.23 bits per heavy atom. The van der Waals surface area contributed by atoms with Crippen LogP contribution < -0.4 is 16.2 Å². The van der Waals surface area contributed by atoms with Crippen molar-refractivity contribution in [3.8, 4) is 11.5 Å². The molecule has 35 heavy (non-hydrogen) atoms. The Labute approximate surface area is 202 Å². The van der Waals surface area contributed by atoms with Crippen LogP contribution in [0.25, 0.3) is 10.9 Å². The van der Waals surface area contributed by atoms with Gasteiger partial charge in [0.25, 0.3) is 0 Å². The van der Waals surface area contributed by atoms with Crippen molar-refractivity contribution in [2.24, 2.45) is 22.4 Å². The van der Waals surface area contributed by atoms with Crippen LogP contribution in [0.3, 0.4) is 0 Å². The number of piperidine rings is 1. The van der Waals surface area contributed by atoms with Crippen molar-refractivity contribution < 1.29 is 14.9 Å². The lowest BCUT2D eigenvalue weighted by Gasteiger charge is -2.62. The molecule has 180 valence electrons. The van der Waals surface area contributed by atoms with Gasteiger partial charge in [-0.3, -0.25) is 4.90 Å². The molecule has 7 N–H and O–H groups in total. The van der Waals surface area contributed by atoms with E-state index in [2.05, 4.69) is 20.9 Å². The SMILES string of the molecule is NC(N)=Nc1cccc2c3c([nH]c12)[C@@H]1Oc2c(O)ccc4c2[C@@]12CCN(CC1CC1)[C@@H](C4)[C@]2(O)C3. The van der Waals surface area contributed by atoms with Gasteiger partial charge in [-0.15, -0.1) is 0 Å². The van der Waals surface area contributed by atoms with E-state index in [0.29, 0.717) is 17.9 Å². The third-order valence-electron chi connectivity index (χ3n) is 9.42. The predicted octanol–water partition coefficient (Wildman–Crippen LogP) is 2.48. The van der Waals surface area contributed by atoms with Gasteiger partial charge >= 0.3 is 0 Å². The predicted molar refractivity (Wildman–Crippen MR) is 132 cm³/mol. The van der Waals surface area contributed by atoms with E-state index in [-0.39, 0.29) is 17.8 Å². The van der Waals surface area contributed by atoms with Crippen LogP contribution in [0.15, 0.2) is 35.3 Å². The summed E-state index contributed by atoms with van der Waals surface area (Å²) >= 11 is 0. The molecule has 3 aliphatic carbocycles. The first-order valence-electron chi connectivity index (χ1n) is 12.6. The number of likely N-dealkylation sites (tertiary alicyclic amines) is 1. The summed E-state index contributed by atoms with van der Waals surface area (Å²) in [5, 5.41) is 24.7. The van der Waals surface area contributed by atoms with Crippen molar-refractivity contribution in [1.82, 2.24) is 9.88 Å². The van der Waals surface area contributed by atoms with Gasteiger partial charge in [0.15, 0.2) is 23.6 Å². The smallest absolute Gasteiger partial charge is 0.191 e. The van der Waals surface area contributed by atoms with Crippen molar-refractivity contribution in [3.05, 3.63) is 52.7 Å². The lowest BCUT2D eigenvalue weighted by molar-refractivity contribution is -0.173. The van der Waals surface area contributed by atoms with E-state index >= 15 is 0 Å². The molecule has 1 aromatic heterocycles. The number of phenolic OH excluding ortho intramolecular Hbond substituents is 1. The number of nitrogens with two attached hydrogens (primary N) is 2. The summed E-state index contributed by atoms with van der Waals surface area (Å²) in [7, 11) is 0. The van der Waals surface area contributed by atoms with Crippen LogP contribution in [0.1, 0.15) is 47.8 Å². The maximum absolute atomic E-state index is 12.9. The number of aromatic amines is 1. The summed E-state index contributed by atoms with van der Waals surface area (Å²) in [5.74, 6) is 1.43. The monoisotopic (exact) mass is 471 g/mol. The molecule has 4 atom stereocenters. The van der Waals surface area contributed by atoms with E-state index in [1.54, 1.807) is 6.07 Å². The van der Waals surface area contributed by atoms with E-state index < -0.39 is 17.1 Å². The molecular formula is C27H29N5O3. The van der Waals surface area contributed by atoms with Gasteiger partial charge < -0.3 is 31.4 Å². The number of para-hydroxylation sites is 1. The minimum Gasteiger partial charge on any atom is -0.504 e. The van der Waals surface area contributed by atoms with Gasteiger partial charge in [0.2, 0.25) is 0 Å². The third-order valence-corrected chi connectivity index (χ3v) is 9.42. The normalized spacial score (nSPS) is 32.1. The van der Waals surface area contributed by atoms with E-state index in [4.69, 9.17) is 16.2 Å². The minimum atomic E-state index is -1.01. The molecule has 2 aliphatic heterocycles. The number of nitrogens with zero attached hydrogens (tertiary/aromatic N) is 2. The van der Waals surface area contributed by atoms with Gasteiger partial charge in [0.05, 0.1) is 27.9 Å².